The van der Waals surface area contributed by atoms with Gasteiger partial charge in [-0.2, -0.15) is 0 Å². The Balaban J connectivity index is 1.96. The summed E-state index contributed by atoms with van der Waals surface area (Å²) in [6.45, 7) is 1.32. The maximum Gasteiger partial charge on any atom is 0.421 e. The normalized spacial score (nSPS) is 10.5. The molecule has 0 atom stereocenters. The van der Waals surface area contributed by atoms with Gasteiger partial charge in [-0.15, -0.1) is 11.3 Å². The number of aromatic nitrogens is 1. The molecule has 24 heavy (non-hydrogen) atoms. The monoisotopic (exact) mass is 352 g/mol. The number of halogens is 1. The van der Waals surface area contributed by atoms with Gasteiger partial charge in [0.1, 0.15) is 5.82 Å². The number of carbonyl (C=O) groups excluding carboxylic acids is 1. The molecule has 1 heterocycles. The Morgan fingerprint density at radius 2 is 2.17 bits per heavy atom. The van der Waals surface area contributed by atoms with E-state index in [1.165, 1.54) is 24.3 Å². The minimum atomic E-state index is -1.28. The first-order valence-corrected chi connectivity index (χ1v) is 7.97. The molecule has 4 N–H and O–H groups in total. The minimum Gasteiger partial charge on any atom is -0.464 e. The zero-order valence-electron chi connectivity index (χ0n) is 13.0. The van der Waals surface area contributed by atoms with Crippen molar-refractivity contribution in [2.75, 3.05) is 5.32 Å². The van der Waals surface area contributed by atoms with Gasteiger partial charge in [0.2, 0.25) is 5.91 Å². The number of hydrogen-bond donors (Lipinski definition) is 3. The second kappa shape index (κ2) is 7.84. The van der Waals surface area contributed by atoms with E-state index in [1.54, 1.807) is 12.1 Å². The Hall–Kier alpha value is -2.52. The van der Waals surface area contributed by atoms with Crippen LogP contribution in [-0.4, -0.2) is 27.1 Å². The van der Waals surface area contributed by atoms with Gasteiger partial charge in [-0.25, -0.2) is 25.0 Å². The maximum atomic E-state index is 14.1. The van der Waals surface area contributed by atoms with Crippen molar-refractivity contribution in [1.82, 2.24) is 9.99 Å². The van der Waals surface area contributed by atoms with E-state index in [0.29, 0.717) is 34.1 Å². The molecule has 9 heteroatoms. The van der Waals surface area contributed by atoms with Gasteiger partial charge in [0.25, 0.3) is 0 Å². The fourth-order valence-electron chi connectivity index (χ4n) is 2.05. The molecular formula is C15H17FN4O3S. The van der Waals surface area contributed by atoms with Gasteiger partial charge in [0.15, 0.2) is 5.13 Å². The van der Waals surface area contributed by atoms with Crippen LogP contribution in [0.4, 0.5) is 14.3 Å². The Labute approximate surface area is 141 Å². The molecule has 0 bridgehead atoms. The van der Waals surface area contributed by atoms with E-state index in [2.05, 4.69) is 10.3 Å². The van der Waals surface area contributed by atoms with Gasteiger partial charge in [0, 0.05) is 12.3 Å². The largest absolute Gasteiger partial charge is 0.464 e. The van der Waals surface area contributed by atoms with E-state index in [9.17, 15) is 14.0 Å². The first-order chi connectivity index (χ1) is 11.3. The number of nitrogens with zero attached hydrogens (tertiary/aromatic N) is 2. The van der Waals surface area contributed by atoms with Crippen molar-refractivity contribution < 1.29 is 19.1 Å². The fourth-order valence-corrected chi connectivity index (χ4v) is 2.84. The predicted molar refractivity (Wildman–Crippen MR) is 88.0 cm³/mol. The minimum absolute atomic E-state index is 0.0846. The van der Waals surface area contributed by atoms with Gasteiger partial charge < -0.3 is 10.4 Å². The zero-order chi connectivity index (χ0) is 17.7. The lowest BCUT2D eigenvalue weighted by molar-refractivity contribution is -0.114. The third-order valence-electron chi connectivity index (χ3n) is 3.20. The summed E-state index contributed by atoms with van der Waals surface area (Å²) in [6.07, 6.45) is -0.302. The molecule has 2 amide bonds. The molecule has 128 valence electrons. The number of benzene rings is 1. The number of amides is 2. The highest BCUT2D eigenvalue weighted by Crippen LogP contribution is 2.18. The van der Waals surface area contributed by atoms with Gasteiger partial charge in [-0.05, 0) is 30.0 Å². The maximum absolute atomic E-state index is 14.1. The highest BCUT2D eigenvalue weighted by molar-refractivity contribution is 7.13. The lowest BCUT2D eigenvalue weighted by Crippen LogP contribution is -2.35. The molecule has 0 aliphatic heterocycles. The first kappa shape index (κ1) is 17.8. The lowest BCUT2D eigenvalue weighted by Gasteiger charge is -2.13. The number of carbonyl (C=O) groups is 2. The molecule has 0 aliphatic carbocycles. The first-order valence-electron chi connectivity index (χ1n) is 7.09. The van der Waals surface area contributed by atoms with E-state index >= 15 is 0 Å². The van der Waals surface area contributed by atoms with Gasteiger partial charge in [-0.1, -0.05) is 12.1 Å². The van der Waals surface area contributed by atoms with Crippen molar-refractivity contribution >= 4 is 28.5 Å². The SMILES string of the molecule is CC(=O)Nc1nc(CCc2ccc(CN(N)C(=O)O)cc2F)cs1. The third kappa shape index (κ3) is 5.00. The van der Waals surface area contributed by atoms with Crippen molar-refractivity contribution in [3.63, 3.8) is 0 Å². The summed E-state index contributed by atoms with van der Waals surface area (Å²) in [7, 11) is 0. The number of carboxylic acid groups (broad SMARTS) is 1. The standard InChI is InChI=1S/C15H17FN4O3S/c1-9(21)18-14-19-12(8-24-14)5-4-11-3-2-10(6-13(11)16)7-20(17)15(22)23/h2-3,6,8H,4-5,7,17H2,1H3,(H,22,23)(H,18,19,21). The second-order valence-corrected chi connectivity index (χ2v) is 6.02. The summed E-state index contributed by atoms with van der Waals surface area (Å²) in [4.78, 5) is 25.9. The number of nitrogens with two attached hydrogens (primary N) is 1. The van der Waals surface area contributed by atoms with Crippen molar-refractivity contribution in [3.8, 4) is 0 Å². The quantitative estimate of drug-likeness (QED) is 0.420. The number of nitrogens with one attached hydrogen (secondary N) is 1. The number of hydrogen-bond acceptors (Lipinski definition) is 5. The number of thiazole rings is 1. The van der Waals surface area contributed by atoms with Crippen LogP contribution in [0.15, 0.2) is 23.6 Å². The highest BCUT2D eigenvalue weighted by atomic mass is 32.1. The average molecular weight is 352 g/mol. The van der Waals surface area contributed by atoms with Crippen LogP contribution in [0.2, 0.25) is 0 Å². The molecule has 0 fully saturated rings. The molecule has 0 saturated carbocycles. The molecule has 7 nitrogen and oxygen atoms in total. The molecule has 0 saturated heterocycles. The van der Waals surface area contributed by atoms with Crippen LogP contribution in [0.5, 0.6) is 0 Å². The topological polar surface area (TPSA) is 109 Å². The van der Waals surface area contributed by atoms with E-state index in [0.717, 1.165) is 5.69 Å². The van der Waals surface area contributed by atoms with Crippen molar-refractivity contribution in [1.29, 1.82) is 0 Å². The highest BCUT2D eigenvalue weighted by Gasteiger charge is 2.10. The van der Waals surface area contributed by atoms with Crippen LogP contribution in [0.1, 0.15) is 23.7 Å². The number of aryl methyl sites for hydroxylation is 2. The summed E-state index contributed by atoms with van der Waals surface area (Å²) in [6, 6.07) is 4.54. The van der Waals surface area contributed by atoms with Crippen LogP contribution in [0.3, 0.4) is 0 Å². The zero-order valence-corrected chi connectivity index (χ0v) is 13.8. The Morgan fingerprint density at radius 1 is 1.42 bits per heavy atom. The van der Waals surface area contributed by atoms with Crippen molar-refractivity contribution in [2.24, 2.45) is 5.84 Å². The van der Waals surface area contributed by atoms with Crippen LogP contribution in [0, 0.1) is 5.82 Å². The van der Waals surface area contributed by atoms with Crippen molar-refractivity contribution in [3.05, 3.63) is 46.2 Å². The predicted octanol–water partition coefficient (Wildman–Crippen LogP) is 2.38. The molecule has 0 radical (unpaired) electrons. The molecule has 1 aromatic heterocycles. The summed E-state index contributed by atoms with van der Waals surface area (Å²) in [5.41, 5.74) is 1.75. The fraction of sp³-hybridized carbons (Fsp3) is 0.267. The summed E-state index contributed by atoms with van der Waals surface area (Å²) >= 11 is 1.32. The van der Waals surface area contributed by atoms with Crippen LogP contribution >= 0.6 is 11.3 Å². The van der Waals surface area contributed by atoms with E-state index in [4.69, 9.17) is 10.9 Å². The number of hydrazine groups is 1. The van der Waals surface area contributed by atoms with Gasteiger partial charge in [0.05, 0.1) is 12.2 Å². The number of rotatable bonds is 6. The molecule has 0 spiro atoms. The van der Waals surface area contributed by atoms with Gasteiger partial charge >= 0.3 is 6.09 Å². The summed E-state index contributed by atoms with van der Waals surface area (Å²) < 4.78 is 14.1. The van der Waals surface area contributed by atoms with E-state index in [1.807, 2.05) is 5.38 Å². The van der Waals surface area contributed by atoms with Crippen molar-refractivity contribution in [2.45, 2.75) is 26.3 Å². The van der Waals surface area contributed by atoms with Crippen LogP contribution < -0.4 is 11.2 Å². The summed E-state index contributed by atoms with van der Waals surface area (Å²) in [5.74, 6) is 4.68. The van der Waals surface area contributed by atoms with E-state index in [-0.39, 0.29) is 12.5 Å². The second-order valence-electron chi connectivity index (χ2n) is 5.16. The molecular weight excluding hydrogens is 335 g/mol. The molecule has 1 aromatic carbocycles. The number of anilines is 1. The Kier molecular flexibility index (Phi) is 5.83. The van der Waals surface area contributed by atoms with Crippen LogP contribution in [-0.2, 0) is 24.2 Å². The average Bonchev–Trinajstić information content (AvgIpc) is 2.93. The molecule has 2 rings (SSSR count). The molecule has 0 unspecified atom stereocenters. The Morgan fingerprint density at radius 3 is 2.79 bits per heavy atom. The molecule has 2 aromatic rings. The Bertz CT molecular complexity index is 750. The smallest absolute Gasteiger partial charge is 0.421 e. The lowest BCUT2D eigenvalue weighted by atomic mass is 10.1. The van der Waals surface area contributed by atoms with Crippen LogP contribution in [0.25, 0.3) is 0 Å². The summed E-state index contributed by atoms with van der Waals surface area (Å²) in [5, 5.41) is 14.2. The van der Waals surface area contributed by atoms with E-state index < -0.39 is 11.9 Å². The molecule has 0 aliphatic rings. The third-order valence-corrected chi connectivity index (χ3v) is 4.01. The van der Waals surface area contributed by atoms with Gasteiger partial charge in [-0.3, -0.25) is 4.79 Å².